The zero-order valence-corrected chi connectivity index (χ0v) is 18.7. The number of aromatic nitrogens is 1. The maximum atomic E-state index is 12.0. The van der Waals surface area contributed by atoms with E-state index < -0.39 is 11.6 Å². The summed E-state index contributed by atoms with van der Waals surface area (Å²) in [6, 6.07) is 11.3. The minimum atomic E-state index is -0.518. The fourth-order valence-electron chi connectivity index (χ4n) is 2.67. The number of benzene rings is 1. The molecule has 0 atom stereocenters. The third-order valence-corrected chi connectivity index (χ3v) is 3.88. The van der Waals surface area contributed by atoms with Crippen LogP contribution in [0.3, 0.4) is 0 Å². The van der Waals surface area contributed by atoms with Gasteiger partial charge in [-0.2, -0.15) is 0 Å². The van der Waals surface area contributed by atoms with Crippen molar-refractivity contribution in [3.05, 3.63) is 53.9 Å². The lowest BCUT2D eigenvalue weighted by Crippen LogP contribution is -2.28. The molecule has 0 fully saturated rings. The van der Waals surface area contributed by atoms with Crippen LogP contribution in [-0.2, 0) is 23.8 Å². The highest BCUT2D eigenvalue weighted by Gasteiger charge is 2.16. The highest BCUT2D eigenvalue weighted by atomic mass is 16.6. The maximum absolute atomic E-state index is 12.0. The molecule has 166 valence electrons. The average Bonchev–Trinajstić information content (AvgIpc) is 2.72. The molecule has 1 heterocycles. The van der Waals surface area contributed by atoms with Gasteiger partial charge in [-0.05, 0) is 64.5 Å². The van der Waals surface area contributed by atoms with Gasteiger partial charge in [-0.1, -0.05) is 18.2 Å². The fraction of sp³-hybridized carbons (Fsp3) is 0.375. The van der Waals surface area contributed by atoms with Crippen LogP contribution in [0.15, 0.2) is 48.4 Å². The van der Waals surface area contributed by atoms with Gasteiger partial charge in [0.15, 0.2) is 0 Å². The Kier molecular flexibility index (Phi) is 8.61. The summed E-state index contributed by atoms with van der Waals surface area (Å²) in [6.45, 7) is 9.76. The Bertz CT molecular complexity index is 914. The zero-order valence-electron chi connectivity index (χ0n) is 18.7. The van der Waals surface area contributed by atoms with Crippen molar-refractivity contribution in [2.75, 3.05) is 25.1 Å². The number of carbonyl (C=O) groups excluding carboxylic acids is 2. The van der Waals surface area contributed by atoms with Crippen molar-refractivity contribution >= 4 is 23.7 Å². The zero-order chi connectivity index (χ0) is 22.9. The standard InChI is InChI=1S/C24H30N2O5/c1-6-29-21(23(28)30-7-2)13-17-11-12-20(26-15-17)18-9-8-10-19(14-18)25-16-22(27)31-24(3,4)5/h8-15,25H,6-7,16H2,1-5H3/b21-13-. The molecule has 1 aromatic carbocycles. The van der Waals surface area contributed by atoms with Crippen LogP contribution in [0.1, 0.15) is 40.2 Å². The van der Waals surface area contributed by atoms with E-state index in [0.29, 0.717) is 6.61 Å². The van der Waals surface area contributed by atoms with E-state index in [1.165, 1.54) is 0 Å². The highest BCUT2D eigenvalue weighted by molar-refractivity contribution is 5.91. The Morgan fingerprint density at radius 3 is 2.42 bits per heavy atom. The van der Waals surface area contributed by atoms with Crippen molar-refractivity contribution < 1.29 is 23.8 Å². The van der Waals surface area contributed by atoms with Crippen LogP contribution in [0, 0.1) is 0 Å². The highest BCUT2D eigenvalue weighted by Crippen LogP contribution is 2.22. The predicted octanol–water partition coefficient (Wildman–Crippen LogP) is 4.44. The maximum Gasteiger partial charge on any atom is 0.373 e. The first-order valence-electron chi connectivity index (χ1n) is 10.3. The number of nitrogens with one attached hydrogen (secondary N) is 1. The van der Waals surface area contributed by atoms with Crippen molar-refractivity contribution in [2.24, 2.45) is 0 Å². The second-order valence-corrected chi connectivity index (χ2v) is 7.66. The number of pyridine rings is 1. The Hall–Kier alpha value is -3.35. The summed E-state index contributed by atoms with van der Waals surface area (Å²) in [5.41, 5.74) is 2.64. The molecule has 7 heteroatoms. The molecule has 31 heavy (non-hydrogen) atoms. The Labute approximate surface area is 183 Å². The van der Waals surface area contributed by atoms with Gasteiger partial charge in [-0.25, -0.2) is 4.79 Å². The number of hydrogen-bond acceptors (Lipinski definition) is 7. The van der Waals surface area contributed by atoms with Gasteiger partial charge in [-0.15, -0.1) is 0 Å². The summed E-state index contributed by atoms with van der Waals surface area (Å²) in [4.78, 5) is 28.4. The van der Waals surface area contributed by atoms with Gasteiger partial charge in [0.1, 0.15) is 12.1 Å². The van der Waals surface area contributed by atoms with E-state index in [4.69, 9.17) is 14.2 Å². The topological polar surface area (TPSA) is 86.8 Å². The molecule has 1 N–H and O–H groups in total. The summed E-state index contributed by atoms with van der Waals surface area (Å²) in [7, 11) is 0. The molecule has 0 aliphatic heterocycles. The van der Waals surface area contributed by atoms with E-state index in [1.54, 1.807) is 26.1 Å². The summed E-state index contributed by atoms with van der Waals surface area (Å²) in [6.07, 6.45) is 3.27. The average molecular weight is 427 g/mol. The van der Waals surface area contributed by atoms with E-state index in [-0.39, 0.29) is 24.9 Å². The third-order valence-electron chi connectivity index (χ3n) is 3.88. The van der Waals surface area contributed by atoms with E-state index in [9.17, 15) is 9.59 Å². The quantitative estimate of drug-likeness (QED) is 0.360. The SMILES string of the molecule is CCOC(=O)/C(=C/c1ccc(-c2cccc(NCC(=O)OC(C)(C)C)c2)nc1)OCC. The summed E-state index contributed by atoms with van der Waals surface area (Å²) in [5, 5.41) is 3.07. The first kappa shape index (κ1) is 23.9. The molecule has 0 aliphatic rings. The van der Waals surface area contributed by atoms with Crippen molar-refractivity contribution in [2.45, 2.75) is 40.2 Å². The van der Waals surface area contributed by atoms with Gasteiger partial charge in [0, 0.05) is 17.4 Å². The third kappa shape index (κ3) is 8.12. The molecule has 1 aromatic heterocycles. The fourth-order valence-corrected chi connectivity index (χ4v) is 2.67. The van der Waals surface area contributed by atoms with Crippen molar-refractivity contribution in [1.82, 2.24) is 4.98 Å². The molecule has 0 radical (unpaired) electrons. The normalized spacial score (nSPS) is 11.6. The predicted molar refractivity (Wildman–Crippen MR) is 120 cm³/mol. The molecule has 2 rings (SSSR count). The monoisotopic (exact) mass is 426 g/mol. The molecule has 0 amide bonds. The van der Waals surface area contributed by atoms with Gasteiger partial charge in [0.05, 0.1) is 18.9 Å². The van der Waals surface area contributed by atoms with Crippen LogP contribution >= 0.6 is 0 Å². The molecule has 0 saturated heterocycles. The van der Waals surface area contributed by atoms with Crippen molar-refractivity contribution in [3.8, 4) is 11.3 Å². The molecular formula is C24H30N2O5. The van der Waals surface area contributed by atoms with Crippen molar-refractivity contribution in [1.29, 1.82) is 0 Å². The first-order valence-corrected chi connectivity index (χ1v) is 10.3. The van der Waals surface area contributed by atoms with Gasteiger partial charge in [-0.3, -0.25) is 9.78 Å². The molecule has 0 spiro atoms. The lowest BCUT2D eigenvalue weighted by atomic mass is 10.1. The van der Waals surface area contributed by atoms with Crippen LogP contribution in [0.5, 0.6) is 0 Å². The van der Waals surface area contributed by atoms with Gasteiger partial charge < -0.3 is 19.5 Å². The van der Waals surface area contributed by atoms with Crippen LogP contribution in [0.25, 0.3) is 17.3 Å². The smallest absolute Gasteiger partial charge is 0.373 e. The number of carbonyl (C=O) groups is 2. The van der Waals surface area contributed by atoms with Crippen molar-refractivity contribution in [3.63, 3.8) is 0 Å². The molecule has 0 unspecified atom stereocenters. The minimum Gasteiger partial charge on any atom is -0.487 e. The molecule has 0 bridgehead atoms. The lowest BCUT2D eigenvalue weighted by Gasteiger charge is -2.19. The number of ether oxygens (including phenoxy) is 3. The Morgan fingerprint density at radius 1 is 1.06 bits per heavy atom. The largest absolute Gasteiger partial charge is 0.487 e. The molecule has 0 aliphatic carbocycles. The van der Waals surface area contributed by atoms with Gasteiger partial charge in [0.25, 0.3) is 0 Å². The summed E-state index contributed by atoms with van der Waals surface area (Å²) >= 11 is 0. The molecule has 2 aromatic rings. The molecule has 0 saturated carbocycles. The number of anilines is 1. The van der Waals surface area contributed by atoms with Crippen LogP contribution < -0.4 is 5.32 Å². The lowest BCUT2D eigenvalue weighted by molar-refractivity contribution is -0.152. The number of hydrogen-bond donors (Lipinski definition) is 1. The summed E-state index contributed by atoms with van der Waals surface area (Å²) in [5.74, 6) is -0.678. The first-order chi connectivity index (χ1) is 14.7. The van der Waals surface area contributed by atoms with E-state index in [0.717, 1.165) is 22.5 Å². The van der Waals surface area contributed by atoms with Crippen LogP contribution in [0.2, 0.25) is 0 Å². The second kappa shape index (κ2) is 11.2. The summed E-state index contributed by atoms with van der Waals surface area (Å²) < 4.78 is 15.7. The second-order valence-electron chi connectivity index (χ2n) is 7.66. The number of nitrogens with zero attached hydrogens (tertiary/aromatic N) is 1. The van der Waals surface area contributed by atoms with E-state index in [2.05, 4.69) is 10.3 Å². The van der Waals surface area contributed by atoms with E-state index in [1.807, 2.05) is 57.2 Å². The van der Waals surface area contributed by atoms with Crippen LogP contribution in [-0.4, -0.2) is 42.3 Å². The van der Waals surface area contributed by atoms with Gasteiger partial charge >= 0.3 is 11.9 Å². The van der Waals surface area contributed by atoms with Crippen LogP contribution in [0.4, 0.5) is 5.69 Å². The number of rotatable bonds is 9. The number of esters is 2. The van der Waals surface area contributed by atoms with E-state index >= 15 is 0 Å². The molecular weight excluding hydrogens is 396 g/mol. The Morgan fingerprint density at radius 2 is 1.81 bits per heavy atom. The molecule has 7 nitrogen and oxygen atoms in total. The van der Waals surface area contributed by atoms with Gasteiger partial charge in [0.2, 0.25) is 5.76 Å². The Balaban J connectivity index is 2.10. The minimum absolute atomic E-state index is 0.0753.